The molecule has 6 nitrogen and oxygen atoms in total. The van der Waals surface area contributed by atoms with Gasteiger partial charge in [0.05, 0.1) is 10.7 Å². The molecule has 0 N–H and O–H groups in total. The van der Waals surface area contributed by atoms with E-state index in [0.29, 0.717) is 17.9 Å². The molecular weight excluding hydrogens is 503 g/mol. The summed E-state index contributed by atoms with van der Waals surface area (Å²) >= 11 is 15.4. The normalized spacial score (nSPS) is 18.4. The second-order valence-corrected chi connectivity index (χ2v) is 10.6. The summed E-state index contributed by atoms with van der Waals surface area (Å²) in [5.74, 6) is 0. The molecular formula is C19H17BrCl2N2O4S. The average molecular weight is 520 g/mol. The molecule has 2 aromatic rings. The molecule has 0 unspecified atom stereocenters. The third-order valence-electron chi connectivity index (χ3n) is 5.15. The van der Waals surface area contributed by atoms with Gasteiger partial charge in [-0.2, -0.15) is 4.31 Å². The van der Waals surface area contributed by atoms with Gasteiger partial charge in [-0.15, -0.1) is 0 Å². The molecule has 2 aliphatic rings. The molecule has 1 fully saturated rings. The Morgan fingerprint density at radius 2 is 1.79 bits per heavy atom. The van der Waals surface area contributed by atoms with Crippen LogP contribution in [0.2, 0.25) is 10.0 Å². The van der Waals surface area contributed by atoms with Crippen LogP contribution in [0.25, 0.3) is 0 Å². The number of benzene rings is 2. The van der Waals surface area contributed by atoms with E-state index in [1.54, 1.807) is 4.90 Å². The van der Waals surface area contributed by atoms with E-state index in [1.165, 1.54) is 22.5 Å². The molecule has 2 aromatic carbocycles. The summed E-state index contributed by atoms with van der Waals surface area (Å²) in [6, 6.07) is 9.89. The van der Waals surface area contributed by atoms with E-state index in [0.717, 1.165) is 15.7 Å². The van der Waals surface area contributed by atoms with Crippen LogP contribution in [0.15, 0.2) is 45.8 Å². The van der Waals surface area contributed by atoms with Crippen LogP contribution in [0.5, 0.6) is 0 Å². The predicted molar refractivity (Wildman–Crippen MR) is 115 cm³/mol. The van der Waals surface area contributed by atoms with Crippen LogP contribution in [0, 0.1) is 0 Å². The molecule has 2 aliphatic heterocycles. The van der Waals surface area contributed by atoms with E-state index < -0.39 is 16.1 Å². The first kappa shape index (κ1) is 20.9. The Hall–Kier alpha value is -1.32. The summed E-state index contributed by atoms with van der Waals surface area (Å²) in [4.78, 5) is 14.1. The minimum absolute atomic E-state index is 0.0367. The van der Waals surface area contributed by atoms with Crippen molar-refractivity contribution in [1.82, 2.24) is 4.31 Å². The van der Waals surface area contributed by atoms with Gasteiger partial charge in [-0.1, -0.05) is 39.1 Å². The molecule has 2 heterocycles. The van der Waals surface area contributed by atoms with Crippen LogP contribution in [0.4, 0.5) is 10.5 Å². The van der Waals surface area contributed by atoms with Crippen LogP contribution in [-0.4, -0.2) is 37.9 Å². The number of carbonyl (C=O) groups excluding carboxylic acids is 1. The zero-order valence-electron chi connectivity index (χ0n) is 15.1. The van der Waals surface area contributed by atoms with E-state index in [9.17, 15) is 13.2 Å². The van der Waals surface area contributed by atoms with Crippen molar-refractivity contribution in [2.45, 2.75) is 30.4 Å². The molecule has 0 spiro atoms. The van der Waals surface area contributed by atoms with Gasteiger partial charge < -0.3 is 4.74 Å². The van der Waals surface area contributed by atoms with Gasteiger partial charge in [-0.05, 0) is 49.2 Å². The Kier molecular flexibility index (Phi) is 5.83. The molecule has 29 heavy (non-hydrogen) atoms. The van der Waals surface area contributed by atoms with E-state index in [1.807, 2.05) is 18.2 Å². The van der Waals surface area contributed by atoms with Gasteiger partial charge >= 0.3 is 6.09 Å². The number of nitrogens with zero attached hydrogens (tertiary/aromatic N) is 2. The fraction of sp³-hybridized carbons (Fsp3) is 0.316. The highest BCUT2D eigenvalue weighted by Gasteiger charge is 2.37. The number of sulfonamides is 1. The van der Waals surface area contributed by atoms with Gasteiger partial charge in [0.15, 0.2) is 0 Å². The summed E-state index contributed by atoms with van der Waals surface area (Å²) in [7, 11) is -3.74. The lowest BCUT2D eigenvalue weighted by Gasteiger charge is -2.39. The summed E-state index contributed by atoms with van der Waals surface area (Å²) in [6.07, 6.45) is 0.589. The Morgan fingerprint density at radius 3 is 2.48 bits per heavy atom. The van der Waals surface area contributed by atoms with Gasteiger partial charge in [0.25, 0.3) is 0 Å². The Bertz CT molecular complexity index is 1070. The molecule has 1 amide bonds. The first-order valence-corrected chi connectivity index (χ1v) is 12.0. The maximum absolute atomic E-state index is 13.0. The first-order valence-electron chi connectivity index (χ1n) is 8.97. The number of cyclic esters (lactones) is 1. The van der Waals surface area contributed by atoms with Crippen LogP contribution in [-0.2, 0) is 21.4 Å². The van der Waals surface area contributed by atoms with Crippen molar-refractivity contribution in [3.05, 3.63) is 56.5 Å². The number of piperidine rings is 1. The lowest BCUT2D eigenvalue weighted by Crippen LogP contribution is -2.50. The van der Waals surface area contributed by atoms with E-state index in [2.05, 4.69) is 15.9 Å². The number of hydrogen-bond acceptors (Lipinski definition) is 4. The highest BCUT2D eigenvalue weighted by Crippen LogP contribution is 2.35. The van der Waals surface area contributed by atoms with E-state index in [4.69, 9.17) is 27.9 Å². The van der Waals surface area contributed by atoms with Gasteiger partial charge in [0.2, 0.25) is 10.0 Å². The number of hydrogen-bond donors (Lipinski definition) is 0. The predicted octanol–water partition coefficient (Wildman–Crippen LogP) is 5.07. The fourth-order valence-electron chi connectivity index (χ4n) is 3.72. The molecule has 0 saturated carbocycles. The number of halogens is 3. The second-order valence-electron chi connectivity index (χ2n) is 6.91. The Morgan fingerprint density at radius 1 is 1.07 bits per heavy atom. The van der Waals surface area contributed by atoms with Gasteiger partial charge in [0.1, 0.15) is 11.5 Å². The molecule has 0 aromatic heterocycles. The third-order valence-corrected chi connectivity index (χ3v) is 8.26. The number of rotatable bonds is 3. The van der Waals surface area contributed by atoms with Crippen LogP contribution < -0.4 is 4.90 Å². The zero-order chi connectivity index (χ0) is 20.8. The van der Waals surface area contributed by atoms with Crippen molar-refractivity contribution in [2.75, 3.05) is 18.0 Å². The molecule has 0 radical (unpaired) electrons. The van der Waals surface area contributed by atoms with Crippen LogP contribution in [0.3, 0.4) is 0 Å². The Labute approximate surface area is 187 Å². The molecule has 4 rings (SSSR count). The highest BCUT2D eigenvalue weighted by atomic mass is 79.9. The maximum atomic E-state index is 13.0. The molecule has 0 aliphatic carbocycles. The average Bonchev–Trinajstić information content (AvgIpc) is 2.68. The van der Waals surface area contributed by atoms with Crippen molar-refractivity contribution in [1.29, 1.82) is 0 Å². The number of fused-ring (bicyclic) bond motifs is 1. The minimum Gasteiger partial charge on any atom is -0.444 e. The maximum Gasteiger partial charge on any atom is 0.414 e. The molecule has 154 valence electrons. The van der Waals surface area contributed by atoms with Crippen molar-refractivity contribution >= 4 is 60.9 Å². The topological polar surface area (TPSA) is 66.9 Å². The third kappa shape index (κ3) is 4.01. The molecule has 0 bridgehead atoms. The number of amides is 1. The monoisotopic (exact) mass is 518 g/mol. The lowest BCUT2D eigenvalue weighted by molar-refractivity contribution is 0.135. The molecule has 0 atom stereocenters. The number of anilines is 1. The standard InChI is InChI=1S/C19H17BrCl2N2O4S/c20-13-1-3-17-12(9-13)11-28-19(25)24(17)15-5-7-23(8-6-15)29(26,27)18-4-2-14(21)10-16(18)22/h1-4,9-10,15H,5-8,11H2. The fourth-order valence-corrected chi connectivity index (χ4v) is 6.35. The van der Waals surface area contributed by atoms with E-state index in [-0.39, 0.29) is 35.7 Å². The van der Waals surface area contributed by atoms with Gasteiger partial charge in [-0.3, -0.25) is 4.90 Å². The minimum atomic E-state index is -3.74. The van der Waals surface area contributed by atoms with Gasteiger partial charge in [-0.25, -0.2) is 13.2 Å². The largest absolute Gasteiger partial charge is 0.444 e. The van der Waals surface area contributed by atoms with Crippen LogP contribution >= 0.6 is 39.1 Å². The van der Waals surface area contributed by atoms with Crippen molar-refractivity contribution in [3.63, 3.8) is 0 Å². The summed E-state index contributed by atoms with van der Waals surface area (Å²) in [5.41, 5.74) is 1.73. The number of ether oxygens (including phenoxy) is 1. The zero-order valence-corrected chi connectivity index (χ0v) is 19.1. The summed E-state index contributed by atoms with van der Waals surface area (Å²) < 4.78 is 33.6. The summed E-state index contributed by atoms with van der Waals surface area (Å²) in [6.45, 7) is 0.787. The highest BCUT2D eigenvalue weighted by molar-refractivity contribution is 9.10. The van der Waals surface area contributed by atoms with Crippen molar-refractivity contribution < 1.29 is 17.9 Å². The Balaban J connectivity index is 1.53. The quantitative estimate of drug-likeness (QED) is 0.568. The van der Waals surface area contributed by atoms with Gasteiger partial charge in [0, 0.05) is 34.2 Å². The first-order chi connectivity index (χ1) is 13.8. The lowest BCUT2D eigenvalue weighted by atomic mass is 10.0. The van der Waals surface area contributed by atoms with Crippen LogP contribution in [0.1, 0.15) is 18.4 Å². The SMILES string of the molecule is O=C1OCc2cc(Br)ccc2N1C1CCN(S(=O)(=O)c2ccc(Cl)cc2Cl)CC1. The summed E-state index contributed by atoms with van der Waals surface area (Å²) in [5, 5.41) is 0.473. The van der Waals surface area contributed by atoms with E-state index >= 15 is 0 Å². The van der Waals surface area contributed by atoms with Crippen molar-refractivity contribution in [2.24, 2.45) is 0 Å². The second kappa shape index (κ2) is 8.07. The smallest absolute Gasteiger partial charge is 0.414 e. The van der Waals surface area contributed by atoms with Crippen molar-refractivity contribution in [3.8, 4) is 0 Å². The molecule has 1 saturated heterocycles. The number of carbonyl (C=O) groups is 1. The molecule has 10 heteroatoms.